The lowest BCUT2D eigenvalue weighted by Crippen LogP contribution is -2.61. The number of fused-ring (bicyclic) bond motifs is 1. The van der Waals surface area contributed by atoms with E-state index in [1.165, 1.54) is 6.42 Å². The van der Waals surface area contributed by atoms with Gasteiger partial charge in [0.15, 0.2) is 17.5 Å². The number of aliphatic hydroxyl groups is 2. The standard InChI is InChI=1S/C16H22O6/c17-13-16(19)9-5-4-8-15(16,18)12(21-13)11-10-20-14(22-11)6-2-1-3-7-14/h4-5,11-12,18-19H,1-3,6-10H2/t11-,12+,15+,16+/m0/s1. The molecule has 22 heavy (non-hydrogen) atoms. The van der Waals surface area contributed by atoms with Gasteiger partial charge in [-0.15, -0.1) is 0 Å². The Bertz CT molecular complexity index is 511. The van der Waals surface area contributed by atoms with Crippen molar-refractivity contribution in [3.05, 3.63) is 12.2 Å². The van der Waals surface area contributed by atoms with Crippen molar-refractivity contribution in [3.63, 3.8) is 0 Å². The van der Waals surface area contributed by atoms with Crippen LogP contribution in [0.2, 0.25) is 0 Å². The Hall–Kier alpha value is -0.950. The van der Waals surface area contributed by atoms with Crippen LogP contribution >= 0.6 is 0 Å². The van der Waals surface area contributed by atoms with Crippen molar-refractivity contribution >= 4 is 5.97 Å². The number of carbonyl (C=O) groups excluding carboxylic acids is 1. The Morgan fingerprint density at radius 3 is 2.59 bits per heavy atom. The minimum absolute atomic E-state index is 0.0670. The number of cyclic esters (lactones) is 1. The summed E-state index contributed by atoms with van der Waals surface area (Å²) >= 11 is 0. The van der Waals surface area contributed by atoms with Crippen LogP contribution in [0.1, 0.15) is 44.9 Å². The molecule has 0 aromatic carbocycles. The first-order valence-electron chi connectivity index (χ1n) is 8.12. The van der Waals surface area contributed by atoms with Gasteiger partial charge in [-0.1, -0.05) is 18.6 Å². The van der Waals surface area contributed by atoms with Gasteiger partial charge in [0, 0.05) is 25.7 Å². The highest BCUT2D eigenvalue weighted by Gasteiger charge is 2.69. The van der Waals surface area contributed by atoms with Crippen LogP contribution in [0.3, 0.4) is 0 Å². The predicted molar refractivity (Wildman–Crippen MR) is 74.8 cm³/mol. The van der Waals surface area contributed by atoms with E-state index in [9.17, 15) is 15.0 Å². The molecule has 3 fully saturated rings. The molecule has 2 N–H and O–H groups in total. The summed E-state index contributed by atoms with van der Waals surface area (Å²) in [4.78, 5) is 12.1. The van der Waals surface area contributed by atoms with Crippen molar-refractivity contribution in [2.75, 3.05) is 6.61 Å². The zero-order chi connectivity index (χ0) is 15.4. The number of esters is 1. The number of ether oxygens (including phenoxy) is 3. The topological polar surface area (TPSA) is 85.2 Å². The van der Waals surface area contributed by atoms with Gasteiger partial charge in [-0.05, 0) is 12.8 Å². The normalized spacial score (nSPS) is 46.7. The molecule has 0 aromatic heterocycles. The lowest BCUT2D eigenvalue weighted by molar-refractivity contribution is -0.210. The summed E-state index contributed by atoms with van der Waals surface area (Å²) in [6.07, 6.45) is 7.21. The highest BCUT2D eigenvalue weighted by molar-refractivity contribution is 5.85. The van der Waals surface area contributed by atoms with Gasteiger partial charge >= 0.3 is 5.97 Å². The van der Waals surface area contributed by atoms with Crippen molar-refractivity contribution in [2.45, 2.75) is 74.1 Å². The summed E-state index contributed by atoms with van der Waals surface area (Å²) in [5.74, 6) is -1.37. The van der Waals surface area contributed by atoms with E-state index >= 15 is 0 Å². The second kappa shape index (κ2) is 4.77. The summed E-state index contributed by atoms with van der Waals surface area (Å²) in [5.41, 5.74) is -3.52. The van der Waals surface area contributed by atoms with Crippen LogP contribution in [0.15, 0.2) is 12.2 Å². The van der Waals surface area contributed by atoms with Crippen molar-refractivity contribution in [1.29, 1.82) is 0 Å². The Labute approximate surface area is 129 Å². The molecule has 1 spiro atoms. The fraction of sp³-hybridized carbons (Fsp3) is 0.812. The molecule has 6 nitrogen and oxygen atoms in total. The first-order valence-corrected chi connectivity index (χ1v) is 8.12. The van der Waals surface area contributed by atoms with Crippen LogP contribution in [-0.4, -0.2) is 52.0 Å². The van der Waals surface area contributed by atoms with Gasteiger partial charge in [-0.25, -0.2) is 4.79 Å². The second-order valence-electron chi connectivity index (χ2n) is 6.93. The van der Waals surface area contributed by atoms with Gasteiger partial charge in [-0.2, -0.15) is 0 Å². The van der Waals surface area contributed by atoms with E-state index in [0.29, 0.717) is 0 Å². The Morgan fingerprint density at radius 2 is 1.82 bits per heavy atom. The van der Waals surface area contributed by atoms with Gasteiger partial charge in [0.1, 0.15) is 11.7 Å². The number of rotatable bonds is 1. The van der Waals surface area contributed by atoms with Gasteiger partial charge in [0.2, 0.25) is 0 Å². The lowest BCUT2D eigenvalue weighted by atomic mass is 9.72. The average Bonchev–Trinajstić information content (AvgIpc) is 2.99. The zero-order valence-corrected chi connectivity index (χ0v) is 12.5. The van der Waals surface area contributed by atoms with Gasteiger partial charge in [0.05, 0.1) is 6.61 Å². The fourth-order valence-electron chi connectivity index (χ4n) is 4.25. The average molecular weight is 310 g/mol. The van der Waals surface area contributed by atoms with Gasteiger partial charge in [-0.3, -0.25) is 0 Å². The smallest absolute Gasteiger partial charge is 0.342 e. The molecule has 0 bridgehead atoms. The molecule has 0 aromatic rings. The molecular formula is C16H22O6. The maximum absolute atomic E-state index is 12.1. The van der Waals surface area contributed by atoms with Gasteiger partial charge < -0.3 is 24.4 Å². The third-order valence-electron chi connectivity index (χ3n) is 5.60. The fourth-order valence-corrected chi connectivity index (χ4v) is 4.25. The van der Waals surface area contributed by atoms with Crippen LogP contribution < -0.4 is 0 Å². The van der Waals surface area contributed by atoms with Crippen molar-refractivity contribution in [3.8, 4) is 0 Å². The molecule has 4 atom stereocenters. The Balaban J connectivity index is 1.58. The SMILES string of the molecule is O=C1O[C@H]([C@@H]2COC3(CCCCC3)O2)[C@]2(O)CC=CC[C@@]12O. The van der Waals surface area contributed by atoms with Crippen LogP contribution in [0.4, 0.5) is 0 Å². The molecule has 0 radical (unpaired) electrons. The Kier molecular flexibility index (Phi) is 3.17. The van der Waals surface area contributed by atoms with Crippen molar-refractivity contribution in [2.24, 2.45) is 0 Å². The monoisotopic (exact) mass is 310 g/mol. The largest absolute Gasteiger partial charge is 0.454 e. The number of hydrogen-bond donors (Lipinski definition) is 2. The maximum atomic E-state index is 12.1. The molecular weight excluding hydrogens is 288 g/mol. The van der Waals surface area contributed by atoms with E-state index in [1.54, 1.807) is 12.2 Å². The molecule has 2 aliphatic carbocycles. The second-order valence-corrected chi connectivity index (χ2v) is 6.93. The minimum atomic E-state index is -1.88. The number of carbonyl (C=O) groups is 1. The molecule has 0 unspecified atom stereocenters. The summed E-state index contributed by atoms with van der Waals surface area (Å²) in [6, 6.07) is 0. The molecule has 2 heterocycles. The van der Waals surface area contributed by atoms with Crippen LogP contribution in [0, 0.1) is 0 Å². The van der Waals surface area contributed by atoms with E-state index in [1.807, 2.05) is 0 Å². The van der Waals surface area contributed by atoms with Crippen molar-refractivity contribution in [1.82, 2.24) is 0 Å². The first-order chi connectivity index (χ1) is 10.5. The maximum Gasteiger partial charge on any atom is 0.342 e. The highest BCUT2D eigenvalue weighted by Crippen LogP contribution is 2.48. The molecule has 4 aliphatic rings. The quantitative estimate of drug-likeness (QED) is 0.550. The summed E-state index contributed by atoms with van der Waals surface area (Å²) in [6.45, 7) is 0.278. The van der Waals surface area contributed by atoms with Crippen LogP contribution in [0.5, 0.6) is 0 Å². The molecule has 122 valence electrons. The lowest BCUT2D eigenvalue weighted by Gasteiger charge is -2.39. The molecule has 6 heteroatoms. The third kappa shape index (κ3) is 1.84. The zero-order valence-electron chi connectivity index (χ0n) is 12.5. The molecule has 2 aliphatic heterocycles. The Morgan fingerprint density at radius 1 is 1.09 bits per heavy atom. The molecule has 0 amide bonds. The van der Waals surface area contributed by atoms with Gasteiger partial charge in [0.25, 0.3) is 0 Å². The molecule has 1 saturated carbocycles. The van der Waals surface area contributed by atoms with E-state index in [4.69, 9.17) is 14.2 Å². The van der Waals surface area contributed by atoms with E-state index in [2.05, 4.69) is 0 Å². The molecule has 4 rings (SSSR count). The van der Waals surface area contributed by atoms with E-state index in [-0.39, 0.29) is 19.4 Å². The van der Waals surface area contributed by atoms with E-state index in [0.717, 1.165) is 25.7 Å². The van der Waals surface area contributed by atoms with E-state index < -0.39 is 35.2 Å². The molecule has 2 saturated heterocycles. The predicted octanol–water partition coefficient (Wildman–Crippen LogP) is 0.800. The summed E-state index contributed by atoms with van der Waals surface area (Å²) in [5, 5.41) is 21.6. The van der Waals surface area contributed by atoms with Crippen LogP contribution in [-0.2, 0) is 19.0 Å². The summed E-state index contributed by atoms with van der Waals surface area (Å²) in [7, 11) is 0. The first kappa shape index (κ1) is 14.6. The van der Waals surface area contributed by atoms with Crippen molar-refractivity contribution < 1.29 is 29.2 Å². The third-order valence-corrected chi connectivity index (χ3v) is 5.60. The minimum Gasteiger partial charge on any atom is -0.454 e. The highest BCUT2D eigenvalue weighted by atomic mass is 16.8. The summed E-state index contributed by atoms with van der Waals surface area (Å²) < 4.78 is 17.3. The van der Waals surface area contributed by atoms with Crippen LogP contribution in [0.25, 0.3) is 0 Å². The number of hydrogen-bond acceptors (Lipinski definition) is 6.